The van der Waals surface area contributed by atoms with Crippen LogP contribution >= 0.6 is 22.7 Å². The normalized spacial score (nSPS) is 11.7. The molecule has 0 aliphatic carbocycles. The fourth-order valence-electron chi connectivity index (χ4n) is 2.48. The van der Waals surface area contributed by atoms with Crippen molar-refractivity contribution in [1.29, 1.82) is 0 Å². The molecule has 0 saturated carbocycles. The molecule has 0 spiro atoms. The van der Waals surface area contributed by atoms with Crippen LogP contribution in [0, 0.1) is 0 Å². The van der Waals surface area contributed by atoms with Crippen molar-refractivity contribution in [2.24, 2.45) is 0 Å². The van der Waals surface area contributed by atoms with Gasteiger partial charge in [0.1, 0.15) is 0 Å². The lowest BCUT2D eigenvalue weighted by Gasteiger charge is -2.23. The molecule has 1 N–H and O–H groups in total. The van der Waals surface area contributed by atoms with Gasteiger partial charge in [-0.05, 0) is 37.0 Å². The van der Waals surface area contributed by atoms with Gasteiger partial charge in [0, 0.05) is 36.6 Å². The fraction of sp³-hybridized carbons (Fsp3) is 0.353. The van der Waals surface area contributed by atoms with Crippen LogP contribution in [0.5, 0.6) is 0 Å². The minimum absolute atomic E-state index is 0.912. The highest BCUT2D eigenvalue weighted by atomic mass is 32.1. The molecule has 122 valence electrons. The average molecular weight is 347 g/mol. The summed E-state index contributed by atoms with van der Waals surface area (Å²) >= 11 is 3.57. The first-order valence-corrected chi connectivity index (χ1v) is 9.44. The molecule has 3 heterocycles. The zero-order chi connectivity index (χ0) is 16.1. The van der Waals surface area contributed by atoms with Crippen molar-refractivity contribution >= 4 is 22.7 Å². The summed E-state index contributed by atoms with van der Waals surface area (Å²) in [4.78, 5) is 7.39. The van der Waals surface area contributed by atoms with E-state index in [2.05, 4.69) is 69.1 Å². The molecule has 0 fully saturated rings. The highest BCUT2D eigenvalue weighted by Gasteiger charge is 2.14. The van der Waals surface area contributed by atoms with Crippen molar-refractivity contribution in [1.82, 2.24) is 20.0 Å². The first kappa shape index (κ1) is 16.4. The highest BCUT2D eigenvalue weighted by molar-refractivity contribution is 7.13. The second-order valence-electron chi connectivity index (χ2n) is 5.84. The first-order chi connectivity index (χ1) is 11.2. The second-order valence-corrected chi connectivity index (χ2v) is 7.82. The SMILES string of the molecule is CN(C)CCN(Cc1cccs1)Cc1cn[nH]c1-c1cccs1. The zero-order valence-electron chi connectivity index (χ0n) is 13.5. The van der Waals surface area contributed by atoms with E-state index in [4.69, 9.17) is 0 Å². The predicted octanol–water partition coefficient (Wildman–Crippen LogP) is 3.76. The van der Waals surface area contributed by atoms with Gasteiger partial charge in [-0.15, -0.1) is 22.7 Å². The number of hydrogen-bond donors (Lipinski definition) is 1. The lowest BCUT2D eigenvalue weighted by molar-refractivity contribution is 0.228. The number of rotatable bonds is 8. The van der Waals surface area contributed by atoms with Gasteiger partial charge in [0.25, 0.3) is 0 Å². The van der Waals surface area contributed by atoms with Gasteiger partial charge >= 0.3 is 0 Å². The van der Waals surface area contributed by atoms with E-state index in [1.165, 1.54) is 15.3 Å². The van der Waals surface area contributed by atoms with E-state index in [0.29, 0.717) is 0 Å². The Bertz CT molecular complexity index is 686. The minimum Gasteiger partial charge on any atom is -0.308 e. The highest BCUT2D eigenvalue weighted by Crippen LogP contribution is 2.27. The van der Waals surface area contributed by atoms with E-state index >= 15 is 0 Å². The summed E-state index contributed by atoms with van der Waals surface area (Å²) in [6.07, 6.45) is 1.96. The number of H-pyrrole nitrogens is 1. The van der Waals surface area contributed by atoms with Gasteiger partial charge in [-0.2, -0.15) is 5.10 Å². The van der Waals surface area contributed by atoms with Crippen LogP contribution in [0.15, 0.2) is 41.2 Å². The molecule has 0 amide bonds. The van der Waals surface area contributed by atoms with Gasteiger partial charge in [0.15, 0.2) is 0 Å². The van der Waals surface area contributed by atoms with Crippen LogP contribution in [-0.2, 0) is 13.1 Å². The molecule has 0 aromatic carbocycles. The number of hydrogen-bond acceptors (Lipinski definition) is 5. The Labute approximate surface area is 145 Å². The van der Waals surface area contributed by atoms with Crippen LogP contribution in [0.2, 0.25) is 0 Å². The molecule has 0 aliphatic heterocycles. The molecule has 23 heavy (non-hydrogen) atoms. The molecule has 0 radical (unpaired) electrons. The smallest absolute Gasteiger partial charge is 0.0794 e. The predicted molar refractivity (Wildman–Crippen MR) is 98.9 cm³/mol. The van der Waals surface area contributed by atoms with Crippen LogP contribution in [-0.4, -0.2) is 47.2 Å². The van der Waals surface area contributed by atoms with E-state index < -0.39 is 0 Å². The largest absolute Gasteiger partial charge is 0.308 e. The summed E-state index contributed by atoms with van der Waals surface area (Å²) in [6, 6.07) is 8.56. The Morgan fingerprint density at radius 2 is 1.87 bits per heavy atom. The van der Waals surface area contributed by atoms with E-state index in [-0.39, 0.29) is 0 Å². The van der Waals surface area contributed by atoms with Crippen LogP contribution in [0.25, 0.3) is 10.6 Å². The summed E-state index contributed by atoms with van der Waals surface area (Å²) in [6.45, 7) is 3.99. The lowest BCUT2D eigenvalue weighted by atomic mass is 10.2. The summed E-state index contributed by atoms with van der Waals surface area (Å²) in [5.74, 6) is 0. The Kier molecular flexibility index (Phi) is 5.61. The van der Waals surface area contributed by atoms with Gasteiger partial charge in [-0.3, -0.25) is 10.00 Å². The van der Waals surface area contributed by atoms with E-state index in [1.807, 2.05) is 17.5 Å². The van der Waals surface area contributed by atoms with Crippen molar-refractivity contribution in [3.63, 3.8) is 0 Å². The summed E-state index contributed by atoms with van der Waals surface area (Å²) in [5.41, 5.74) is 2.42. The van der Waals surface area contributed by atoms with Gasteiger partial charge < -0.3 is 4.90 Å². The van der Waals surface area contributed by atoms with Gasteiger partial charge in [-0.1, -0.05) is 12.1 Å². The Hall–Kier alpha value is -1.47. The Balaban J connectivity index is 1.74. The molecule has 3 aromatic rings. The van der Waals surface area contributed by atoms with E-state index in [1.54, 1.807) is 11.3 Å². The topological polar surface area (TPSA) is 35.2 Å². The third kappa shape index (κ3) is 4.51. The summed E-state index contributed by atoms with van der Waals surface area (Å²) in [7, 11) is 4.25. The molecule has 0 unspecified atom stereocenters. The molecular formula is C17H22N4S2. The van der Waals surface area contributed by atoms with Crippen molar-refractivity contribution in [2.45, 2.75) is 13.1 Å². The van der Waals surface area contributed by atoms with Crippen molar-refractivity contribution < 1.29 is 0 Å². The van der Waals surface area contributed by atoms with Gasteiger partial charge in [-0.25, -0.2) is 0 Å². The molecule has 3 rings (SSSR count). The molecule has 4 nitrogen and oxygen atoms in total. The number of aromatic amines is 1. The number of nitrogens with one attached hydrogen (secondary N) is 1. The fourth-order valence-corrected chi connectivity index (χ4v) is 3.99. The van der Waals surface area contributed by atoms with Crippen molar-refractivity contribution in [3.8, 4) is 10.6 Å². The van der Waals surface area contributed by atoms with Crippen LogP contribution in [0.1, 0.15) is 10.4 Å². The molecule has 0 aliphatic rings. The van der Waals surface area contributed by atoms with Gasteiger partial charge in [0.05, 0.1) is 16.8 Å². The van der Waals surface area contributed by atoms with Crippen molar-refractivity contribution in [3.05, 3.63) is 51.7 Å². The Morgan fingerprint density at radius 1 is 1.04 bits per heavy atom. The summed E-state index contributed by atoms with van der Waals surface area (Å²) in [5, 5.41) is 11.7. The standard InChI is InChI=1S/C17H22N4S2/c1-20(2)7-8-21(13-15-5-3-9-22-15)12-14-11-18-19-17(14)16-6-4-10-23-16/h3-6,9-11H,7-8,12-13H2,1-2H3,(H,18,19). The van der Waals surface area contributed by atoms with Gasteiger partial charge in [0.2, 0.25) is 0 Å². The number of aromatic nitrogens is 2. The molecular weight excluding hydrogens is 324 g/mol. The monoisotopic (exact) mass is 346 g/mol. The van der Waals surface area contributed by atoms with E-state index in [0.717, 1.165) is 31.9 Å². The van der Waals surface area contributed by atoms with Crippen LogP contribution in [0.4, 0.5) is 0 Å². The van der Waals surface area contributed by atoms with Crippen LogP contribution in [0.3, 0.4) is 0 Å². The second kappa shape index (κ2) is 7.88. The van der Waals surface area contributed by atoms with Crippen molar-refractivity contribution in [2.75, 3.05) is 27.2 Å². The minimum atomic E-state index is 0.912. The number of nitrogens with zero attached hydrogens (tertiary/aromatic N) is 3. The molecule has 3 aromatic heterocycles. The molecule has 0 bridgehead atoms. The maximum Gasteiger partial charge on any atom is 0.0794 e. The average Bonchev–Trinajstić information content (AvgIpc) is 3.26. The summed E-state index contributed by atoms with van der Waals surface area (Å²) < 4.78 is 0. The molecule has 6 heteroatoms. The Morgan fingerprint density at radius 3 is 2.57 bits per heavy atom. The zero-order valence-corrected chi connectivity index (χ0v) is 15.2. The maximum atomic E-state index is 4.27. The molecule has 0 saturated heterocycles. The molecule has 0 atom stereocenters. The third-order valence-corrected chi connectivity index (χ3v) is 5.45. The van der Waals surface area contributed by atoms with E-state index in [9.17, 15) is 0 Å². The lowest BCUT2D eigenvalue weighted by Crippen LogP contribution is -2.30. The number of likely N-dealkylation sites (N-methyl/N-ethyl adjacent to an activating group) is 1. The third-order valence-electron chi connectivity index (χ3n) is 3.70. The quantitative estimate of drug-likeness (QED) is 0.674. The van der Waals surface area contributed by atoms with Crippen LogP contribution < -0.4 is 0 Å². The first-order valence-electron chi connectivity index (χ1n) is 7.68. The number of thiophene rings is 2. The maximum absolute atomic E-state index is 4.27.